The number of hydrogen-bond acceptors (Lipinski definition) is 3. The first-order chi connectivity index (χ1) is 11.9. The maximum atomic E-state index is 12.2. The minimum Gasteiger partial charge on any atom is -0.544 e. The lowest BCUT2D eigenvalue weighted by Crippen LogP contribution is -2.43. The van der Waals surface area contributed by atoms with Crippen LogP contribution in [0.25, 0.3) is 0 Å². The van der Waals surface area contributed by atoms with E-state index in [2.05, 4.69) is 43.9 Å². The van der Waals surface area contributed by atoms with Crippen LogP contribution in [-0.4, -0.2) is 14.7 Å². The van der Waals surface area contributed by atoms with Gasteiger partial charge < -0.3 is 14.5 Å². The van der Waals surface area contributed by atoms with Gasteiger partial charge in [0.05, 0.1) is 0 Å². The number of rotatable bonds is 5. The summed E-state index contributed by atoms with van der Waals surface area (Å²) in [7, 11) is -1.89. The largest absolute Gasteiger partial charge is 0.573 e. The predicted octanol–water partition coefficient (Wildman–Crippen LogP) is 6.71. The molecular formula is C19H24F3NO2Si. The molecule has 3 nitrogen and oxygen atoms in total. The molecule has 2 aromatic carbocycles. The van der Waals surface area contributed by atoms with Gasteiger partial charge in [0, 0.05) is 11.4 Å². The van der Waals surface area contributed by atoms with Gasteiger partial charge in [-0.3, -0.25) is 0 Å². The molecule has 0 aliphatic rings. The molecule has 0 atom stereocenters. The lowest BCUT2D eigenvalue weighted by Gasteiger charge is -2.36. The van der Waals surface area contributed by atoms with Gasteiger partial charge in [0.25, 0.3) is 0 Å². The highest BCUT2D eigenvalue weighted by atomic mass is 28.4. The maximum Gasteiger partial charge on any atom is 0.573 e. The molecule has 142 valence electrons. The normalized spacial score (nSPS) is 12.6. The number of nitrogens with one attached hydrogen (secondary N) is 1. The van der Waals surface area contributed by atoms with Crippen LogP contribution in [0.2, 0.25) is 18.1 Å². The average molecular weight is 383 g/mol. The van der Waals surface area contributed by atoms with Gasteiger partial charge in [-0.15, -0.1) is 13.2 Å². The Morgan fingerprint density at radius 2 is 1.19 bits per heavy atom. The summed E-state index contributed by atoms with van der Waals surface area (Å²) in [4.78, 5) is 0. The Hall–Kier alpha value is -2.15. The number of hydrogen-bond donors (Lipinski definition) is 1. The molecule has 0 amide bonds. The van der Waals surface area contributed by atoms with Crippen molar-refractivity contribution in [3.05, 3.63) is 48.5 Å². The Bertz CT molecular complexity index is 720. The second-order valence-corrected chi connectivity index (χ2v) is 12.3. The van der Waals surface area contributed by atoms with Crippen molar-refractivity contribution in [1.82, 2.24) is 0 Å². The Morgan fingerprint density at radius 3 is 1.58 bits per heavy atom. The smallest absolute Gasteiger partial charge is 0.544 e. The zero-order valence-electron chi connectivity index (χ0n) is 15.6. The molecule has 7 heteroatoms. The van der Waals surface area contributed by atoms with Crippen molar-refractivity contribution in [3.8, 4) is 11.5 Å². The summed E-state index contributed by atoms with van der Waals surface area (Å²) in [6.45, 7) is 10.9. The van der Waals surface area contributed by atoms with E-state index in [1.165, 1.54) is 24.3 Å². The van der Waals surface area contributed by atoms with Gasteiger partial charge in [-0.1, -0.05) is 20.8 Å². The number of alkyl halides is 3. The van der Waals surface area contributed by atoms with Crippen LogP contribution in [-0.2, 0) is 0 Å². The van der Waals surface area contributed by atoms with E-state index in [1.54, 1.807) is 0 Å². The molecule has 0 saturated carbocycles. The van der Waals surface area contributed by atoms with E-state index in [4.69, 9.17) is 4.43 Å². The van der Waals surface area contributed by atoms with E-state index in [1.807, 2.05) is 24.3 Å². The first-order valence-corrected chi connectivity index (χ1v) is 11.2. The Morgan fingerprint density at radius 1 is 0.769 bits per heavy atom. The first-order valence-electron chi connectivity index (χ1n) is 8.28. The highest BCUT2D eigenvalue weighted by Gasteiger charge is 2.38. The zero-order valence-corrected chi connectivity index (χ0v) is 16.6. The Kier molecular flexibility index (Phi) is 5.60. The topological polar surface area (TPSA) is 30.5 Å². The van der Waals surface area contributed by atoms with E-state index in [0.717, 1.165) is 11.4 Å². The summed E-state index contributed by atoms with van der Waals surface area (Å²) in [5.74, 6) is 0.567. The van der Waals surface area contributed by atoms with Crippen LogP contribution in [0.3, 0.4) is 0 Å². The van der Waals surface area contributed by atoms with Crippen LogP contribution < -0.4 is 14.5 Å². The lowest BCUT2D eigenvalue weighted by molar-refractivity contribution is -0.274. The molecule has 0 unspecified atom stereocenters. The molecule has 1 N–H and O–H groups in total. The number of benzene rings is 2. The summed E-state index contributed by atoms with van der Waals surface area (Å²) in [6, 6.07) is 13.1. The van der Waals surface area contributed by atoms with E-state index < -0.39 is 14.7 Å². The fraction of sp³-hybridized carbons (Fsp3) is 0.368. The van der Waals surface area contributed by atoms with Crippen LogP contribution in [0.4, 0.5) is 24.5 Å². The van der Waals surface area contributed by atoms with Crippen molar-refractivity contribution in [2.75, 3.05) is 5.32 Å². The van der Waals surface area contributed by atoms with E-state index in [-0.39, 0.29) is 10.8 Å². The Labute approximate surface area is 153 Å². The van der Waals surface area contributed by atoms with Crippen LogP contribution in [0.1, 0.15) is 20.8 Å². The number of halogens is 3. The van der Waals surface area contributed by atoms with Gasteiger partial charge in [-0.25, -0.2) is 0 Å². The lowest BCUT2D eigenvalue weighted by atomic mass is 10.2. The van der Waals surface area contributed by atoms with Crippen molar-refractivity contribution in [2.24, 2.45) is 0 Å². The van der Waals surface area contributed by atoms with Crippen LogP contribution in [0, 0.1) is 0 Å². The molecule has 0 bridgehead atoms. The maximum absolute atomic E-state index is 12.2. The molecule has 0 radical (unpaired) electrons. The van der Waals surface area contributed by atoms with E-state index >= 15 is 0 Å². The average Bonchev–Trinajstić information content (AvgIpc) is 2.48. The molecule has 0 fully saturated rings. The fourth-order valence-electron chi connectivity index (χ4n) is 1.96. The van der Waals surface area contributed by atoms with Crippen molar-refractivity contribution in [1.29, 1.82) is 0 Å². The number of anilines is 2. The second-order valence-electron chi connectivity index (χ2n) is 7.58. The highest BCUT2D eigenvalue weighted by molar-refractivity contribution is 6.74. The SMILES string of the molecule is CC(C)(C)[Si](C)(C)Oc1ccc(Nc2ccc(OC(F)(F)F)cc2)cc1. The molecule has 2 rings (SSSR count). The van der Waals surface area contributed by atoms with Crippen LogP contribution in [0.15, 0.2) is 48.5 Å². The van der Waals surface area contributed by atoms with Gasteiger partial charge in [-0.2, -0.15) is 0 Å². The molecule has 0 aliphatic heterocycles. The third-order valence-corrected chi connectivity index (χ3v) is 8.77. The van der Waals surface area contributed by atoms with E-state index in [0.29, 0.717) is 5.69 Å². The summed E-state index contributed by atoms with van der Waals surface area (Å²) in [6.07, 6.45) is -4.69. The fourth-order valence-corrected chi connectivity index (χ4v) is 2.99. The summed E-state index contributed by atoms with van der Waals surface area (Å²) < 4.78 is 46.6. The van der Waals surface area contributed by atoms with Crippen molar-refractivity contribution < 1.29 is 22.3 Å². The van der Waals surface area contributed by atoms with E-state index in [9.17, 15) is 13.2 Å². The van der Waals surface area contributed by atoms with Crippen molar-refractivity contribution >= 4 is 19.7 Å². The third-order valence-electron chi connectivity index (χ3n) is 4.41. The minimum absolute atomic E-state index is 0.115. The quantitative estimate of drug-likeness (QED) is 0.582. The van der Waals surface area contributed by atoms with Crippen molar-refractivity contribution in [2.45, 2.75) is 45.3 Å². The molecular weight excluding hydrogens is 359 g/mol. The molecule has 0 aromatic heterocycles. The molecule has 0 heterocycles. The first kappa shape index (κ1) is 20.2. The van der Waals surface area contributed by atoms with Crippen LogP contribution >= 0.6 is 0 Å². The minimum atomic E-state index is -4.69. The molecule has 0 aliphatic carbocycles. The van der Waals surface area contributed by atoms with Gasteiger partial charge in [-0.05, 0) is 66.7 Å². The van der Waals surface area contributed by atoms with Crippen LogP contribution in [0.5, 0.6) is 11.5 Å². The van der Waals surface area contributed by atoms with Gasteiger partial charge in [0.15, 0.2) is 0 Å². The van der Waals surface area contributed by atoms with Gasteiger partial charge >= 0.3 is 6.36 Å². The third kappa shape index (κ3) is 5.69. The molecule has 0 saturated heterocycles. The standard InChI is InChI=1S/C19H24F3NO2Si/c1-18(2,3)26(4,5)25-17-12-8-15(9-13-17)23-14-6-10-16(11-7-14)24-19(20,21)22/h6-13,23H,1-5H3. The summed E-state index contributed by atoms with van der Waals surface area (Å²) in [5.41, 5.74) is 1.48. The summed E-state index contributed by atoms with van der Waals surface area (Å²) >= 11 is 0. The highest BCUT2D eigenvalue weighted by Crippen LogP contribution is 2.37. The molecule has 2 aromatic rings. The molecule has 26 heavy (non-hydrogen) atoms. The molecule has 0 spiro atoms. The predicted molar refractivity (Wildman–Crippen MR) is 101 cm³/mol. The zero-order chi connectivity index (χ0) is 19.6. The van der Waals surface area contributed by atoms with Gasteiger partial charge in [0.2, 0.25) is 8.32 Å². The monoisotopic (exact) mass is 383 g/mol. The summed E-state index contributed by atoms with van der Waals surface area (Å²) in [5, 5.41) is 3.25. The Balaban J connectivity index is 2.01. The van der Waals surface area contributed by atoms with Crippen molar-refractivity contribution in [3.63, 3.8) is 0 Å². The van der Waals surface area contributed by atoms with Gasteiger partial charge in [0.1, 0.15) is 11.5 Å². The second kappa shape index (κ2) is 7.23. The number of ether oxygens (including phenoxy) is 1.